The molecule has 138 valence electrons. The monoisotopic (exact) mass is 363 g/mol. The Balaban J connectivity index is 1.64. The Bertz CT molecular complexity index is 772. The minimum Gasteiger partial charge on any atom is -0.349 e. The van der Waals surface area contributed by atoms with Crippen LogP contribution in [0.5, 0.6) is 0 Å². The molecule has 0 spiro atoms. The molecule has 1 fully saturated rings. The first kappa shape index (κ1) is 18.2. The number of aromatic nitrogens is 1. The molecular weight excluding hydrogens is 343 g/mol. The van der Waals surface area contributed by atoms with Gasteiger partial charge in [-0.2, -0.15) is 0 Å². The highest BCUT2D eigenvalue weighted by Gasteiger charge is 2.17. The summed E-state index contributed by atoms with van der Waals surface area (Å²) >= 11 is 0. The highest BCUT2D eigenvalue weighted by atomic mass is 19.2. The predicted octanol–water partition coefficient (Wildman–Crippen LogP) is 4.70. The highest BCUT2D eigenvalue weighted by Crippen LogP contribution is 2.23. The summed E-state index contributed by atoms with van der Waals surface area (Å²) < 4.78 is 39.9. The standard InChI is InChI=1S/C19H20F3N3O/c20-14-8-9-15(18(22)17(14)21)25-16-10-7-12(11-23-16)19(26)24-13-5-3-1-2-4-6-13/h7-11,13H,1-6H2,(H,23,25)(H,24,26). The fourth-order valence-electron chi connectivity index (χ4n) is 3.05. The third-order valence-corrected chi connectivity index (χ3v) is 4.51. The van der Waals surface area contributed by atoms with Gasteiger partial charge in [-0.05, 0) is 37.1 Å². The van der Waals surface area contributed by atoms with Gasteiger partial charge < -0.3 is 10.6 Å². The molecule has 0 radical (unpaired) electrons. The molecule has 1 amide bonds. The van der Waals surface area contributed by atoms with Gasteiger partial charge in [-0.25, -0.2) is 18.2 Å². The number of nitrogens with one attached hydrogen (secondary N) is 2. The van der Waals surface area contributed by atoms with E-state index in [0.29, 0.717) is 5.56 Å². The molecule has 1 aromatic heterocycles. The number of carbonyl (C=O) groups is 1. The fraction of sp³-hybridized carbons (Fsp3) is 0.368. The van der Waals surface area contributed by atoms with Gasteiger partial charge in [0.15, 0.2) is 17.5 Å². The number of pyridine rings is 1. The summed E-state index contributed by atoms with van der Waals surface area (Å²) in [7, 11) is 0. The topological polar surface area (TPSA) is 54.0 Å². The van der Waals surface area contributed by atoms with Crippen LogP contribution in [-0.4, -0.2) is 16.9 Å². The van der Waals surface area contributed by atoms with Crippen LogP contribution in [0.25, 0.3) is 0 Å². The van der Waals surface area contributed by atoms with Crippen molar-refractivity contribution in [2.24, 2.45) is 0 Å². The second-order valence-electron chi connectivity index (χ2n) is 6.44. The van der Waals surface area contributed by atoms with Crippen molar-refractivity contribution in [1.82, 2.24) is 10.3 Å². The van der Waals surface area contributed by atoms with E-state index in [0.717, 1.165) is 37.8 Å². The molecule has 1 aliphatic rings. The summed E-state index contributed by atoms with van der Waals surface area (Å²) in [5.41, 5.74) is 0.164. The normalized spacial score (nSPS) is 15.3. The van der Waals surface area contributed by atoms with Crippen molar-refractivity contribution < 1.29 is 18.0 Å². The maximum atomic E-state index is 13.7. The third kappa shape index (κ3) is 4.33. The van der Waals surface area contributed by atoms with Crippen molar-refractivity contribution >= 4 is 17.4 Å². The van der Waals surface area contributed by atoms with Gasteiger partial charge in [0.25, 0.3) is 5.91 Å². The first-order valence-electron chi connectivity index (χ1n) is 8.72. The van der Waals surface area contributed by atoms with Gasteiger partial charge in [-0.1, -0.05) is 25.7 Å². The average molecular weight is 363 g/mol. The SMILES string of the molecule is O=C(NC1CCCCCC1)c1ccc(Nc2ccc(F)c(F)c2F)nc1. The molecule has 26 heavy (non-hydrogen) atoms. The second kappa shape index (κ2) is 8.21. The quantitative estimate of drug-likeness (QED) is 0.612. The van der Waals surface area contributed by atoms with Crippen LogP contribution in [-0.2, 0) is 0 Å². The molecule has 0 aliphatic heterocycles. The van der Waals surface area contributed by atoms with E-state index in [1.54, 1.807) is 6.07 Å². The van der Waals surface area contributed by atoms with Crippen LogP contribution in [0, 0.1) is 17.5 Å². The highest BCUT2D eigenvalue weighted by molar-refractivity contribution is 5.94. The smallest absolute Gasteiger partial charge is 0.253 e. The molecule has 1 aliphatic carbocycles. The van der Waals surface area contributed by atoms with E-state index in [4.69, 9.17) is 0 Å². The number of hydrogen-bond donors (Lipinski definition) is 2. The Hall–Kier alpha value is -2.57. The van der Waals surface area contributed by atoms with E-state index < -0.39 is 17.5 Å². The van der Waals surface area contributed by atoms with Crippen molar-refractivity contribution in [2.75, 3.05) is 5.32 Å². The molecule has 1 heterocycles. The summed E-state index contributed by atoms with van der Waals surface area (Å²) in [6, 6.07) is 5.14. The molecule has 0 saturated heterocycles. The van der Waals surface area contributed by atoms with Gasteiger partial charge >= 0.3 is 0 Å². The van der Waals surface area contributed by atoms with Crippen molar-refractivity contribution in [3.63, 3.8) is 0 Å². The summed E-state index contributed by atoms with van der Waals surface area (Å²) in [5, 5.41) is 5.59. The molecule has 4 nitrogen and oxygen atoms in total. The van der Waals surface area contributed by atoms with Gasteiger partial charge in [0, 0.05) is 12.2 Å². The van der Waals surface area contributed by atoms with Gasteiger partial charge in [0.2, 0.25) is 0 Å². The van der Waals surface area contributed by atoms with Crippen molar-refractivity contribution in [2.45, 2.75) is 44.6 Å². The van der Waals surface area contributed by atoms with Crippen LogP contribution in [0.2, 0.25) is 0 Å². The summed E-state index contributed by atoms with van der Waals surface area (Å²) in [4.78, 5) is 16.4. The Kier molecular flexibility index (Phi) is 5.75. The number of amides is 1. The number of rotatable bonds is 4. The lowest BCUT2D eigenvalue weighted by atomic mass is 10.1. The number of halogens is 3. The molecule has 0 unspecified atom stereocenters. The Morgan fingerprint density at radius 2 is 1.69 bits per heavy atom. The van der Waals surface area contributed by atoms with Gasteiger partial charge in [-0.3, -0.25) is 4.79 Å². The van der Waals surface area contributed by atoms with E-state index >= 15 is 0 Å². The van der Waals surface area contributed by atoms with Crippen LogP contribution in [0.4, 0.5) is 24.7 Å². The number of carbonyl (C=O) groups excluding carboxylic acids is 1. The van der Waals surface area contributed by atoms with Crippen LogP contribution in [0.1, 0.15) is 48.9 Å². The minimum absolute atomic E-state index is 0.180. The molecule has 3 rings (SSSR count). The lowest BCUT2D eigenvalue weighted by molar-refractivity contribution is 0.0933. The average Bonchev–Trinajstić information content (AvgIpc) is 2.91. The van der Waals surface area contributed by atoms with Crippen molar-refractivity contribution in [3.05, 3.63) is 53.5 Å². The molecule has 1 saturated carbocycles. The zero-order valence-corrected chi connectivity index (χ0v) is 14.2. The predicted molar refractivity (Wildman–Crippen MR) is 92.8 cm³/mol. The van der Waals surface area contributed by atoms with Crippen LogP contribution in [0.15, 0.2) is 30.5 Å². The molecule has 2 N–H and O–H groups in total. The second-order valence-corrected chi connectivity index (χ2v) is 6.44. The Morgan fingerprint density at radius 1 is 0.962 bits per heavy atom. The number of nitrogens with zero attached hydrogens (tertiary/aromatic N) is 1. The lowest BCUT2D eigenvalue weighted by Crippen LogP contribution is -2.34. The Labute approximate surface area is 149 Å². The largest absolute Gasteiger partial charge is 0.349 e. The van der Waals surface area contributed by atoms with E-state index in [9.17, 15) is 18.0 Å². The summed E-state index contributed by atoms with van der Waals surface area (Å²) in [6.45, 7) is 0. The Morgan fingerprint density at radius 3 is 2.35 bits per heavy atom. The third-order valence-electron chi connectivity index (χ3n) is 4.51. The van der Waals surface area contributed by atoms with E-state index in [2.05, 4.69) is 15.6 Å². The molecule has 1 aromatic carbocycles. The molecule has 0 atom stereocenters. The van der Waals surface area contributed by atoms with Crippen LogP contribution >= 0.6 is 0 Å². The maximum Gasteiger partial charge on any atom is 0.253 e. The first-order valence-corrected chi connectivity index (χ1v) is 8.72. The summed E-state index contributed by atoms with van der Waals surface area (Å²) in [5.74, 6) is -4.10. The summed E-state index contributed by atoms with van der Waals surface area (Å²) in [6.07, 6.45) is 7.97. The van der Waals surface area contributed by atoms with Crippen molar-refractivity contribution in [1.29, 1.82) is 0 Å². The van der Waals surface area contributed by atoms with E-state index in [1.807, 2.05) is 0 Å². The van der Waals surface area contributed by atoms with Crippen LogP contribution in [0.3, 0.4) is 0 Å². The zero-order valence-electron chi connectivity index (χ0n) is 14.2. The van der Waals surface area contributed by atoms with Gasteiger partial charge in [0.1, 0.15) is 5.82 Å². The van der Waals surface area contributed by atoms with Gasteiger partial charge in [0.05, 0.1) is 11.3 Å². The lowest BCUT2D eigenvalue weighted by Gasteiger charge is -2.16. The van der Waals surface area contributed by atoms with E-state index in [1.165, 1.54) is 25.1 Å². The zero-order chi connectivity index (χ0) is 18.5. The van der Waals surface area contributed by atoms with Gasteiger partial charge in [-0.15, -0.1) is 0 Å². The molecule has 7 heteroatoms. The number of benzene rings is 1. The first-order chi connectivity index (χ1) is 12.5. The molecular formula is C19H20F3N3O. The minimum atomic E-state index is -1.55. The maximum absolute atomic E-state index is 13.7. The van der Waals surface area contributed by atoms with E-state index in [-0.39, 0.29) is 23.5 Å². The van der Waals surface area contributed by atoms with Crippen LogP contribution < -0.4 is 10.6 Å². The molecule has 0 bridgehead atoms. The number of anilines is 2. The number of hydrogen-bond acceptors (Lipinski definition) is 3. The van der Waals surface area contributed by atoms with Crippen molar-refractivity contribution in [3.8, 4) is 0 Å². The molecule has 2 aromatic rings. The fourth-order valence-corrected chi connectivity index (χ4v) is 3.05.